The van der Waals surface area contributed by atoms with Gasteiger partial charge in [-0.2, -0.15) is 0 Å². The molecule has 14 heavy (non-hydrogen) atoms. The van der Waals surface area contributed by atoms with E-state index in [4.69, 9.17) is 0 Å². The minimum absolute atomic E-state index is 0.448. The van der Waals surface area contributed by atoms with E-state index in [1.54, 1.807) is 0 Å². The molecule has 2 aliphatic heterocycles. The quantitative estimate of drug-likeness (QED) is 0.452. The Kier molecular flexibility index (Phi) is 3.53. The van der Waals surface area contributed by atoms with Crippen LogP contribution in [0.4, 0.5) is 0 Å². The standard InChI is InChI=1S/C10H20N4/c1-8(6-9-11-2-3-12-9)7-10-13-4-5-14-10/h9-14H,1-7H2. The second-order valence-corrected chi connectivity index (χ2v) is 4.08. The molecule has 2 fully saturated rings. The van der Waals surface area contributed by atoms with E-state index in [2.05, 4.69) is 27.8 Å². The molecular weight excluding hydrogens is 176 g/mol. The highest BCUT2D eigenvalue weighted by Gasteiger charge is 2.17. The van der Waals surface area contributed by atoms with Crippen molar-refractivity contribution in [1.29, 1.82) is 0 Å². The molecule has 2 saturated heterocycles. The average Bonchev–Trinajstić information content (AvgIpc) is 2.76. The van der Waals surface area contributed by atoms with Gasteiger partial charge in [-0.15, -0.1) is 0 Å². The summed E-state index contributed by atoms with van der Waals surface area (Å²) in [5.41, 5.74) is 1.31. The predicted octanol–water partition coefficient (Wildman–Crippen LogP) is -0.639. The van der Waals surface area contributed by atoms with Crippen LogP contribution in [-0.2, 0) is 0 Å². The molecule has 0 aromatic rings. The van der Waals surface area contributed by atoms with Gasteiger partial charge in [0.15, 0.2) is 0 Å². The second-order valence-electron chi connectivity index (χ2n) is 4.08. The van der Waals surface area contributed by atoms with Gasteiger partial charge in [0.05, 0.1) is 12.3 Å². The van der Waals surface area contributed by atoms with Gasteiger partial charge in [-0.3, -0.25) is 0 Å². The fraction of sp³-hybridized carbons (Fsp3) is 0.800. The Morgan fingerprint density at radius 3 is 1.57 bits per heavy atom. The van der Waals surface area contributed by atoms with E-state index in [1.807, 2.05) is 0 Å². The van der Waals surface area contributed by atoms with E-state index in [1.165, 1.54) is 5.57 Å². The Morgan fingerprint density at radius 2 is 1.21 bits per heavy atom. The van der Waals surface area contributed by atoms with Crippen LogP contribution in [0.25, 0.3) is 0 Å². The summed E-state index contributed by atoms with van der Waals surface area (Å²) >= 11 is 0. The lowest BCUT2D eigenvalue weighted by molar-refractivity contribution is 0.500. The van der Waals surface area contributed by atoms with Crippen molar-refractivity contribution >= 4 is 0 Å². The Bertz CT molecular complexity index is 172. The zero-order valence-corrected chi connectivity index (χ0v) is 8.60. The molecule has 4 heteroatoms. The van der Waals surface area contributed by atoms with Crippen molar-refractivity contribution in [3.05, 3.63) is 12.2 Å². The fourth-order valence-corrected chi connectivity index (χ4v) is 2.08. The van der Waals surface area contributed by atoms with Crippen molar-refractivity contribution < 1.29 is 0 Å². The van der Waals surface area contributed by atoms with Gasteiger partial charge in [0.2, 0.25) is 0 Å². The minimum Gasteiger partial charge on any atom is -0.300 e. The van der Waals surface area contributed by atoms with Gasteiger partial charge in [0.1, 0.15) is 0 Å². The summed E-state index contributed by atoms with van der Waals surface area (Å²) in [5, 5.41) is 13.6. The highest BCUT2D eigenvalue weighted by atomic mass is 15.2. The number of hydrogen-bond donors (Lipinski definition) is 4. The summed E-state index contributed by atoms with van der Waals surface area (Å²) < 4.78 is 0. The van der Waals surface area contributed by atoms with Gasteiger partial charge in [0.25, 0.3) is 0 Å². The van der Waals surface area contributed by atoms with Crippen molar-refractivity contribution in [2.75, 3.05) is 26.2 Å². The topological polar surface area (TPSA) is 48.1 Å². The molecule has 80 valence electrons. The van der Waals surface area contributed by atoms with Crippen LogP contribution < -0.4 is 21.3 Å². The maximum atomic E-state index is 4.12. The lowest BCUT2D eigenvalue weighted by atomic mass is 10.1. The van der Waals surface area contributed by atoms with Crippen molar-refractivity contribution in [2.24, 2.45) is 0 Å². The molecule has 0 saturated carbocycles. The van der Waals surface area contributed by atoms with Crippen molar-refractivity contribution in [3.8, 4) is 0 Å². The van der Waals surface area contributed by atoms with Gasteiger partial charge in [-0.1, -0.05) is 12.2 Å². The summed E-state index contributed by atoms with van der Waals surface area (Å²) in [6, 6.07) is 0. The van der Waals surface area contributed by atoms with Gasteiger partial charge in [-0.25, -0.2) is 0 Å². The third-order valence-corrected chi connectivity index (χ3v) is 2.80. The van der Waals surface area contributed by atoms with Crippen LogP contribution in [0.2, 0.25) is 0 Å². The van der Waals surface area contributed by atoms with E-state index < -0.39 is 0 Å². The predicted molar refractivity (Wildman–Crippen MR) is 58.0 cm³/mol. The maximum absolute atomic E-state index is 4.12. The minimum atomic E-state index is 0.448. The molecule has 0 aliphatic carbocycles. The molecule has 0 atom stereocenters. The van der Waals surface area contributed by atoms with Crippen molar-refractivity contribution in [1.82, 2.24) is 21.3 Å². The summed E-state index contributed by atoms with van der Waals surface area (Å²) in [5.74, 6) is 0. The van der Waals surface area contributed by atoms with Gasteiger partial charge in [-0.05, 0) is 12.8 Å². The first kappa shape index (κ1) is 10.1. The first-order valence-corrected chi connectivity index (χ1v) is 5.45. The molecule has 0 amide bonds. The number of rotatable bonds is 4. The van der Waals surface area contributed by atoms with E-state index in [-0.39, 0.29) is 0 Å². The summed E-state index contributed by atoms with van der Waals surface area (Å²) in [6.07, 6.45) is 2.98. The number of nitrogens with one attached hydrogen (secondary N) is 4. The van der Waals surface area contributed by atoms with Crippen LogP contribution in [0.15, 0.2) is 12.2 Å². The smallest absolute Gasteiger partial charge is 0.0610 e. The molecule has 4 nitrogen and oxygen atoms in total. The van der Waals surface area contributed by atoms with Crippen LogP contribution >= 0.6 is 0 Å². The SMILES string of the molecule is C=C(CC1NCCN1)CC1NCCN1. The number of hydrogen-bond acceptors (Lipinski definition) is 4. The maximum Gasteiger partial charge on any atom is 0.0610 e. The zero-order chi connectivity index (χ0) is 9.80. The summed E-state index contributed by atoms with van der Waals surface area (Å²) in [4.78, 5) is 0. The van der Waals surface area contributed by atoms with E-state index >= 15 is 0 Å². The zero-order valence-electron chi connectivity index (χ0n) is 8.60. The second kappa shape index (κ2) is 4.89. The van der Waals surface area contributed by atoms with Gasteiger partial charge >= 0.3 is 0 Å². The molecule has 2 rings (SSSR count). The van der Waals surface area contributed by atoms with Gasteiger partial charge < -0.3 is 21.3 Å². The molecule has 0 bridgehead atoms. The molecule has 2 aliphatic rings. The van der Waals surface area contributed by atoms with Crippen LogP contribution in [-0.4, -0.2) is 38.5 Å². The Labute approximate surface area is 85.5 Å². The average molecular weight is 196 g/mol. The lowest BCUT2D eigenvalue weighted by Crippen LogP contribution is -2.34. The molecule has 0 aromatic heterocycles. The lowest BCUT2D eigenvalue weighted by Gasteiger charge is -2.16. The summed E-state index contributed by atoms with van der Waals surface area (Å²) in [7, 11) is 0. The first-order chi connectivity index (χ1) is 6.84. The van der Waals surface area contributed by atoms with E-state index in [0.717, 1.165) is 39.0 Å². The highest BCUT2D eigenvalue weighted by molar-refractivity contribution is 5.01. The largest absolute Gasteiger partial charge is 0.300 e. The van der Waals surface area contributed by atoms with Crippen molar-refractivity contribution in [2.45, 2.75) is 25.2 Å². The molecular formula is C10H20N4. The Balaban J connectivity index is 1.66. The fourth-order valence-electron chi connectivity index (χ4n) is 2.08. The van der Waals surface area contributed by atoms with Crippen LogP contribution in [0.1, 0.15) is 12.8 Å². The molecule has 4 N–H and O–H groups in total. The van der Waals surface area contributed by atoms with Crippen molar-refractivity contribution in [3.63, 3.8) is 0 Å². The van der Waals surface area contributed by atoms with E-state index in [0.29, 0.717) is 12.3 Å². The third kappa shape index (κ3) is 2.78. The third-order valence-electron chi connectivity index (χ3n) is 2.80. The Hall–Kier alpha value is -0.420. The normalized spacial score (nSPS) is 24.6. The molecule has 2 heterocycles. The van der Waals surface area contributed by atoms with Crippen LogP contribution in [0.3, 0.4) is 0 Å². The summed E-state index contributed by atoms with van der Waals surface area (Å²) in [6.45, 7) is 8.45. The van der Waals surface area contributed by atoms with E-state index in [9.17, 15) is 0 Å². The first-order valence-electron chi connectivity index (χ1n) is 5.45. The van der Waals surface area contributed by atoms with Crippen LogP contribution in [0.5, 0.6) is 0 Å². The molecule has 0 radical (unpaired) electrons. The monoisotopic (exact) mass is 196 g/mol. The van der Waals surface area contributed by atoms with Crippen LogP contribution in [0, 0.1) is 0 Å². The molecule has 0 unspecified atom stereocenters. The Morgan fingerprint density at radius 1 is 0.857 bits per heavy atom. The molecule has 0 aromatic carbocycles. The molecule has 0 spiro atoms. The highest BCUT2D eigenvalue weighted by Crippen LogP contribution is 2.10. The van der Waals surface area contributed by atoms with Gasteiger partial charge in [0, 0.05) is 26.2 Å².